The molecule has 1 unspecified atom stereocenters. The highest BCUT2D eigenvalue weighted by Gasteiger charge is 2.30. The predicted molar refractivity (Wildman–Crippen MR) is 79.9 cm³/mol. The normalized spacial score (nSPS) is 22.2. The van der Waals surface area contributed by atoms with Crippen molar-refractivity contribution in [3.05, 3.63) is 0 Å². The van der Waals surface area contributed by atoms with Gasteiger partial charge in [0.15, 0.2) is 9.84 Å². The Morgan fingerprint density at radius 2 is 2.00 bits per heavy atom. The monoisotopic (exact) mass is 294 g/mol. The molecule has 0 aliphatic carbocycles. The van der Waals surface area contributed by atoms with E-state index in [1.165, 1.54) is 25.5 Å². The van der Waals surface area contributed by atoms with Crippen LogP contribution in [-0.2, 0) is 9.84 Å². The Morgan fingerprint density at radius 1 is 1.28 bits per heavy atom. The minimum atomic E-state index is -2.93. The summed E-state index contributed by atoms with van der Waals surface area (Å²) in [5.41, 5.74) is 0. The van der Waals surface area contributed by atoms with Gasteiger partial charge in [0.1, 0.15) is 5.37 Å². The molecule has 6 heteroatoms. The second-order valence-corrected chi connectivity index (χ2v) is 8.27. The lowest BCUT2D eigenvalue weighted by atomic mass is 10.2. The Labute approximate surface area is 116 Å². The van der Waals surface area contributed by atoms with Gasteiger partial charge in [0.2, 0.25) is 0 Å². The molecule has 1 atom stereocenters. The van der Waals surface area contributed by atoms with Gasteiger partial charge < -0.3 is 5.32 Å². The lowest BCUT2D eigenvalue weighted by Gasteiger charge is -2.33. The Balaban J connectivity index is 2.26. The van der Waals surface area contributed by atoms with Crippen molar-refractivity contribution in [2.75, 3.05) is 44.4 Å². The van der Waals surface area contributed by atoms with Crippen molar-refractivity contribution >= 4 is 21.6 Å². The quantitative estimate of drug-likeness (QED) is 0.681. The number of nitrogens with zero attached hydrogens (tertiary/aromatic N) is 1. The minimum Gasteiger partial charge on any atom is -0.320 e. The van der Waals surface area contributed by atoms with Gasteiger partial charge in [-0.25, -0.2) is 8.42 Å². The summed E-state index contributed by atoms with van der Waals surface area (Å²) >= 11 is 1.75. The van der Waals surface area contributed by atoms with E-state index in [0.29, 0.717) is 0 Å². The number of hydrogen-bond acceptors (Lipinski definition) is 5. The van der Waals surface area contributed by atoms with Gasteiger partial charge in [-0.15, -0.1) is 0 Å². The van der Waals surface area contributed by atoms with Crippen LogP contribution in [0.1, 0.15) is 25.7 Å². The molecule has 4 nitrogen and oxygen atoms in total. The van der Waals surface area contributed by atoms with Crippen molar-refractivity contribution in [1.29, 1.82) is 0 Å². The predicted octanol–water partition coefficient (Wildman–Crippen LogP) is 1.19. The molecular weight excluding hydrogens is 268 g/mol. The van der Waals surface area contributed by atoms with Crippen LogP contribution in [0.4, 0.5) is 0 Å². The van der Waals surface area contributed by atoms with E-state index < -0.39 is 9.84 Å². The fourth-order valence-electron chi connectivity index (χ4n) is 2.24. The van der Waals surface area contributed by atoms with Crippen molar-refractivity contribution in [3.8, 4) is 0 Å². The average molecular weight is 294 g/mol. The molecule has 1 rings (SSSR count). The van der Waals surface area contributed by atoms with Crippen LogP contribution in [0.15, 0.2) is 0 Å². The molecule has 1 N–H and O–H groups in total. The van der Waals surface area contributed by atoms with E-state index in [1.54, 1.807) is 11.8 Å². The summed E-state index contributed by atoms with van der Waals surface area (Å²) in [6.45, 7) is 2.92. The number of sulfone groups is 1. The second kappa shape index (κ2) is 8.40. The highest BCUT2D eigenvalue weighted by molar-refractivity contribution is 8.00. The Bertz CT molecular complexity index is 320. The second-order valence-electron chi connectivity index (χ2n) is 4.91. The molecular formula is C12H26N2O2S2. The molecule has 1 saturated heterocycles. The lowest BCUT2D eigenvalue weighted by molar-refractivity contribution is 0.264. The van der Waals surface area contributed by atoms with Crippen molar-refractivity contribution in [2.24, 2.45) is 0 Å². The van der Waals surface area contributed by atoms with Gasteiger partial charge in [0, 0.05) is 24.3 Å². The molecule has 1 aliphatic rings. The van der Waals surface area contributed by atoms with Crippen molar-refractivity contribution in [3.63, 3.8) is 0 Å². The van der Waals surface area contributed by atoms with E-state index in [9.17, 15) is 8.42 Å². The summed E-state index contributed by atoms with van der Waals surface area (Å²) in [6, 6.07) is 0. The fourth-order valence-corrected chi connectivity index (χ4v) is 5.21. The van der Waals surface area contributed by atoms with Crippen molar-refractivity contribution in [2.45, 2.75) is 31.1 Å². The number of thioether (sulfide) groups is 1. The molecule has 0 bridgehead atoms. The van der Waals surface area contributed by atoms with Crippen LogP contribution in [0.2, 0.25) is 0 Å². The zero-order valence-electron chi connectivity index (χ0n) is 11.5. The first kappa shape index (κ1) is 16.3. The minimum absolute atomic E-state index is 0.256. The molecule has 0 saturated carbocycles. The third-order valence-corrected chi connectivity index (χ3v) is 5.99. The zero-order chi connectivity index (χ0) is 13.4. The summed E-state index contributed by atoms with van der Waals surface area (Å²) in [5.74, 6) is 1.80. The smallest absolute Gasteiger partial charge is 0.164 e. The Hall–Kier alpha value is 0.220. The largest absolute Gasteiger partial charge is 0.320 e. The van der Waals surface area contributed by atoms with Gasteiger partial charge >= 0.3 is 0 Å². The molecule has 0 aromatic rings. The van der Waals surface area contributed by atoms with E-state index >= 15 is 0 Å². The first-order chi connectivity index (χ1) is 8.55. The number of nitrogens with one attached hydrogen (secondary N) is 1. The first-order valence-corrected chi connectivity index (χ1v) is 9.82. The van der Waals surface area contributed by atoms with E-state index in [0.717, 1.165) is 37.6 Å². The Morgan fingerprint density at radius 3 is 2.67 bits per heavy atom. The van der Waals surface area contributed by atoms with Gasteiger partial charge in [-0.2, -0.15) is 11.8 Å². The van der Waals surface area contributed by atoms with E-state index in [-0.39, 0.29) is 5.37 Å². The van der Waals surface area contributed by atoms with E-state index in [1.807, 2.05) is 7.05 Å². The Kier molecular flexibility index (Phi) is 7.60. The molecule has 18 heavy (non-hydrogen) atoms. The van der Waals surface area contributed by atoms with Crippen LogP contribution < -0.4 is 5.32 Å². The van der Waals surface area contributed by atoms with Gasteiger partial charge in [-0.3, -0.25) is 4.90 Å². The molecule has 0 aromatic heterocycles. The first-order valence-electron chi connectivity index (χ1n) is 6.71. The maximum absolute atomic E-state index is 11.7. The average Bonchev–Trinajstić information content (AvgIpc) is 2.33. The van der Waals surface area contributed by atoms with E-state index in [2.05, 4.69) is 10.2 Å². The van der Waals surface area contributed by atoms with Crippen LogP contribution in [0, 0.1) is 0 Å². The molecule has 0 spiro atoms. The third-order valence-electron chi connectivity index (χ3n) is 3.31. The molecule has 108 valence electrons. The molecule has 0 amide bonds. The van der Waals surface area contributed by atoms with E-state index in [4.69, 9.17) is 0 Å². The van der Waals surface area contributed by atoms with Gasteiger partial charge in [0.25, 0.3) is 0 Å². The SMILES string of the molecule is CNCCCCCCN1CCSCC1S(C)(=O)=O. The summed E-state index contributed by atoms with van der Waals surface area (Å²) in [6.07, 6.45) is 6.11. The van der Waals surface area contributed by atoms with Gasteiger partial charge in [0.05, 0.1) is 0 Å². The number of unbranched alkanes of at least 4 members (excludes halogenated alkanes) is 3. The molecule has 1 aliphatic heterocycles. The van der Waals surface area contributed by atoms with Crippen LogP contribution >= 0.6 is 11.8 Å². The summed E-state index contributed by atoms with van der Waals surface area (Å²) in [5, 5.41) is 2.89. The van der Waals surface area contributed by atoms with Crippen LogP contribution in [-0.4, -0.2) is 63.1 Å². The molecule has 0 radical (unpaired) electrons. The standard InChI is InChI=1S/C12H26N2O2S2/c1-13-7-5-3-4-6-8-14-9-10-17-11-12(14)18(2,15)16/h12-13H,3-11H2,1-2H3. The third kappa shape index (κ3) is 5.91. The van der Waals surface area contributed by atoms with Gasteiger partial charge in [-0.05, 0) is 33.0 Å². The topological polar surface area (TPSA) is 49.4 Å². The highest BCUT2D eigenvalue weighted by Crippen LogP contribution is 2.20. The zero-order valence-corrected chi connectivity index (χ0v) is 13.2. The number of hydrogen-bond donors (Lipinski definition) is 1. The van der Waals surface area contributed by atoms with Crippen molar-refractivity contribution in [1.82, 2.24) is 10.2 Å². The van der Waals surface area contributed by atoms with Crippen LogP contribution in [0.3, 0.4) is 0 Å². The van der Waals surface area contributed by atoms with Crippen LogP contribution in [0.5, 0.6) is 0 Å². The van der Waals surface area contributed by atoms with Crippen LogP contribution in [0.25, 0.3) is 0 Å². The fraction of sp³-hybridized carbons (Fsp3) is 1.00. The maximum atomic E-state index is 11.7. The highest BCUT2D eigenvalue weighted by atomic mass is 32.2. The summed E-state index contributed by atoms with van der Waals surface area (Å²) in [4.78, 5) is 2.16. The van der Waals surface area contributed by atoms with Crippen molar-refractivity contribution < 1.29 is 8.42 Å². The van der Waals surface area contributed by atoms with Gasteiger partial charge in [-0.1, -0.05) is 12.8 Å². The maximum Gasteiger partial charge on any atom is 0.164 e. The molecule has 1 fully saturated rings. The lowest BCUT2D eigenvalue weighted by Crippen LogP contribution is -2.47. The number of rotatable bonds is 8. The summed E-state index contributed by atoms with van der Waals surface area (Å²) < 4.78 is 23.4. The molecule has 1 heterocycles. The molecule has 0 aromatic carbocycles. The summed E-state index contributed by atoms with van der Waals surface area (Å²) in [7, 11) is -0.957.